The fourth-order valence-electron chi connectivity index (χ4n) is 2.29. The van der Waals surface area contributed by atoms with Gasteiger partial charge in [-0.3, -0.25) is 4.79 Å². The SMILES string of the molecule is CCCCOC(=O)c1ccc(O[C@H](C)C(=O)Nc2ccc(S(N)(=O)=O)cc2)cc1. The van der Waals surface area contributed by atoms with Crippen LogP contribution < -0.4 is 15.2 Å². The van der Waals surface area contributed by atoms with E-state index in [0.29, 0.717) is 23.6 Å². The molecule has 0 aromatic heterocycles. The second-order valence-corrected chi connectivity index (χ2v) is 7.89. The number of amides is 1. The lowest BCUT2D eigenvalue weighted by atomic mass is 10.2. The third kappa shape index (κ3) is 6.88. The smallest absolute Gasteiger partial charge is 0.338 e. The first-order chi connectivity index (χ1) is 13.7. The maximum atomic E-state index is 12.3. The highest BCUT2D eigenvalue weighted by molar-refractivity contribution is 7.89. The van der Waals surface area contributed by atoms with Gasteiger partial charge in [0, 0.05) is 5.69 Å². The Bertz CT molecular complexity index is 940. The second kappa shape index (κ2) is 10.0. The van der Waals surface area contributed by atoms with E-state index in [0.717, 1.165) is 12.8 Å². The molecule has 0 unspecified atom stereocenters. The number of carbonyl (C=O) groups is 2. The van der Waals surface area contributed by atoms with Crippen LogP contribution in [0.3, 0.4) is 0 Å². The third-order valence-electron chi connectivity index (χ3n) is 3.95. The average molecular weight is 420 g/mol. The van der Waals surface area contributed by atoms with E-state index in [2.05, 4.69) is 5.32 Å². The molecule has 2 aromatic rings. The van der Waals surface area contributed by atoms with Gasteiger partial charge in [0.1, 0.15) is 5.75 Å². The standard InChI is InChI=1S/C20H24N2O6S/c1-3-4-13-27-20(24)15-5-9-17(10-6-15)28-14(2)19(23)22-16-7-11-18(12-8-16)29(21,25)26/h5-12,14H,3-4,13H2,1-2H3,(H,22,23)(H2,21,25,26)/t14-/m1/s1. The van der Waals surface area contributed by atoms with Gasteiger partial charge < -0.3 is 14.8 Å². The van der Waals surface area contributed by atoms with Crippen LogP contribution in [0.5, 0.6) is 5.75 Å². The Labute approximate surface area is 170 Å². The molecule has 0 aliphatic rings. The van der Waals surface area contributed by atoms with E-state index in [4.69, 9.17) is 14.6 Å². The van der Waals surface area contributed by atoms with Gasteiger partial charge in [0.25, 0.3) is 5.91 Å². The number of anilines is 1. The van der Waals surface area contributed by atoms with Gasteiger partial charge in [-0.25, -0.2) is 18.4 Å². The fourth-order valence-corrected chi connectivity index (χ4v) is 2.81. The van der Waals surface area contributed by atoms with E-state index in [1.165, 1.54) is 24.3 Å². The number of rotatable bonds is 9. The second-order valence-electron chi connectivity index (χ2n) is 6.33. The van der Waals surface area contributed by atoms with E-state index in [9.17, 15) is 18.0 Å². The summed E-state index contributed by atoms with van der Waals surface area (Å²) < 4.78 is 33.2. The molecule has 2 aromatic carbocycles. The first-order valence-corrected chi connectivity index (χ1v) is 10.6. The molecule has 1 amide bonds. The summed E-state index contributed by atoms with van der Waals surface area (Å²) in [6.45, 7) is 3.96. The number of hydrogen-bond donors (Lipinski definition) is 2. The van der Waals surface area contributed by atoms with E-state index in [-0.39, 0.29) is 4.90 Å². The van der Waals surface area contributed by atoms with Crippen LogP contribution >= 0.6 is 0 Å². The number of nitrogens with one attached hydrogen (secondary N) is 1. The van der Waals surface area contributed by atoms with Gasteiger partial charge in [0.15, 0.2) is 6.10 Å². The zero-order valence-electron chi connectivity index (χ0n) is 16.3. The fraction of sp³-hybridized carbons (Fsp3) is 0.300. The molecule has 2 rings (SSSR count). The van der Waals surface area contributed by atoms with E-state index in [1.54, 1.807) is 31.2 Å². The summed E-state index contributed by atoms with van der Waals surface area (Å²) in [5.74, 6) is -0.405. The molecule has 8 nitrogen and oxygen atoms in total. The molecule has 0 bridgehead atoms. The minimum Gasteiger partial charge on any atom is -0.481 e. The number of nitrogens with two attached hydrogens (primary N) is 1. The van der Waals surface area contributed by atoms with E-state index < -0.39 is 28.0 Å². The lowest BCUT2D eigenvalue weighted by Crippen LogP contribution is -2.30. The summed E-state index contributed by atoms with van der Waals surface area (Å²) in [5.41, 5.74) is 0.809. The molecule has 0 fully saturated rings. The summed E-state index contributed by atoms with van der Waals surface area (Å²) in [4.78, 5) is 24.1. The highest BCUT2D eigenvalue weighted by atomic mass is 32.2. The lowest BCUT2D eigenvalue weighted by molar-refractivity contribution is -0.122. The molecule has 156 valence electrons. The largest absolute Gasteiger partial charge is 0.481 e. The normalized spacial score (nSPS) is 12.1. The van der Waals surface area contributed by atoms with Crippen molar-refractivity contribution < 1.29 is 27.5 Å². The van der Waals surface area contributed by atoms with Crippen molar-refractivity contribution in [3.63, 3.8) is 0 Å². The van der Waals surface area contributed by atoms with Crippen LogP contribution in [0.15, 0.2) is 53.4 Å². The number of hydrogen-bond acceptors (Lipinski definition) is 6. The topological polar surface area (TPSA) is 125 Å². The molecule has 1 atom stereocenters. The minimum absolute atomic E-state index is 0.0480. The number of ether oxygens (including phenoxy) is 2. The first kappa shape index (κ1) is 22.4. The van der Waals surface area contributed by atoms with Gasteiger partial charge in [-0.15, -0.1) is 0 Å². The Kier molecular flexibility index (Phi) is 7.74. The predicted octanol–water partition coefficient (Wildman–Crippen LogP) is 2.70. The first-order valence-electron chi connectivity index (χ1n) is 9.08. The number of esters is 1. The number of primary sulfonamides is 1. The summed E-state index contributed by atoms with van der Waals surface area (Å²) in [7, 11) is -3.79. The van der Waals surface area contributed by atoms with Crippen molar-refractivity contribution in [2.75, 3.05) is 11.9 Å². The van der Waals surface area contributed by atoms with Gasteiger partial charge in [-0.05, 0) is 61.9 Å². The third-order valence-corrected chi connectivity index (χ3v) is 4.88. The summed E-state index contributed by atoms with van der Waals surface area (Å²) in [6, 6.07) is 11.8. The minimum atomic E-state index is -3.79. The number of benzene rings is 2. The number of sulfonamides is 1. The number of carbonyl (C=O) groups excluding carboxylic acids is 2. The zero-order chi connectivity index (χ0) is 21.4. The number of unbranched alkanes of at least 4 members (excludes halogenated alkanes) is 1. The molecule has 0 saturated heterocycles. The summed E-state index contributed by atoms with van der Waals surface area (Å²) in [5, 5.41) is 7.66. The van der Waals surface area contributed by atoms with Gasteiger partial charge in [0.05, 0.1) is 17.1 Å². The summed E-state index contributed by atoms with van der Waals surface area (Å²) >= 11 is 0. The van der Waals surface area contributed by atoms with Crippen molar-refractivity contribution >= 4 is 27.6 Å². The van der Waals surface area contributed by atoms with Gasteiger partial charge in [-0.1, -0.05) is 13.3 Å². The van der Waals surface area contributed by atoms with Crippen molar-refractivity contribution in [3.05, 3.63) is 54.1 Å². The van der Waals surface area contributed by atoms with Crippen molar-refractivity contribution in [3.8, 4) is 5.75 Å². The molecule has 3 N–H and O–H groups in total. The van der Waals surface area contributed by atoms with Crippen LogP contribution in [-0.2, 0) is 19.6 Å². The van der Waals surface area contributed by atoms with Crippen LogP contribution in [0.2, 0.25) is 0 Å². The molecule has 29 heavy (non-hydrogen) atoms. The van der Waals surface area contributed by atoms with Gasteiger partial charge in [0.2, 0.25) is 10.0 Å². The van der Waals surface area contributed by atoms with Crippen LogP contribution in [0, 0.1) is 0 Å². The van der Waals surface area contributed by atoms with Crippen molar-refractivity contribution in [1.82, 2.24) is 0 Å². The molecule has 0 saturated carbocycles. The molecule has 0 radical (unpaired) electrons. The molecule has 0 aliphatic carbocycles. The van der Waals surface area contributed by atoms with E-state index >= 15 is 0 Å². The molecular weight excluding hydrogens is 396 g/mol. The Morgan fingerprint density at radius 2 is 1.69 bits per heavy atom. The Balaban J connectivity index is 1.91. The monoisotopic (exact) mass is 420 g/mol. The van der Waals surface area contributed by atoms with E-state index in [1.807, 2.05) is 6.92 Å². The van der Waals surface area contributed by atoms with Crippen molar-refractivity contribution in [2.24, 2.45) is 5.14 Å². The Morgan fingerprint density at radius 3 is 2.24 bits per heavy atom. The van der Waals surface area contributed by atoms with Crippen molar-refractivity contribution in [2.45, 2.75) is 37.7 Å². The molecular formula is C20H24N2O6S. The summed E-state index contributed by atoms with van der Waals surface area (Å²) in [6.07, 6.45) is 0.927. The maximum absolute atomic E-state index is 12.3. The zero-order valence-corrected chi connectivity index (χ0v) is 17.1. The highest BCUT2D eigenvalue weighted by Crippen LogP contribution is 2.17. The molecule has 0 aliphatic heterocycles. The van der Waals surface area contributed by atoms with Gasteiger partial charge >= 0.3 is 5.97 Å². The molecule has 0 spiro atoms. The highest BCUT2D eigenvalue weighted by Gasteiger charge is 2.16. The Hall–Kier alpha value is -2.91. The van der Waals surface area contributed by atoms with Crippen LogP contribution in [0.25, 0.3) is 0 Å². The molecule has 0 heterocycles. The van der Waals surface area contributed by atoms with Gasteiger partial charge in [-0.2, -0.15) is 0 Å². The Morgan fingerprint density at radius 1 is 1.07 bits per heavy atom. The molecule has 9 heteroatoms. The lowest BCUT2D eigenvalue weighted by Gasteiger charge is -2.15. The predicted molar refractivity (Wildman–Crippen MR) is 108 cm³/mol. The average Bonchev–Trinajstić information content (AvgIpc) is 2.68. The van der Waals surface area contributed by atoms with Crippen LogP contribution in [-0.4, -0.2) is 33.0 Å². The van der Waals surface area contributed by atoms with Crippen LogP contribution in [0.4, 0.5) is 5.69 Å². The quantitative estimate of drug-likeness (QED) is 0.475. The van der Waals surface area contributed by atoms with Crippen LogP contribution in [0.1, 0.15) is 37.0 Å². The maximum Gasteiger partial charge on any atom is 0.338 e. The van der Waals surface area contributed by atoms with Crippen molar-refractivity contribution in [1.29, 1.82) is 0 Å².